The lowest BCUT2D eigenvalue weighted by Gasteiger charge is -2.19. The summed E-state index contributed by atoms with van der Waals surface area (Å²) in [5, 5.41) is 2.93. The minimum Gasteiger partial charge on any atom is -0.483 e. The molecule has 0 aliphatic carbocycles. The standard InChI is InChI=1S/C16H25BrN2O2/c1-10(2)12(4)19-15(20)9-21-16-11(3)7-14(17)8-13(16)5-6-18/h7-8,10,12H,5-6,9,18H2,1-4H3,(H,19,20). The molecule has 0 aliphatic heterocycles. The fourth-order valence-corrected chi connectivity index (χ4v) is 2.57. The van der Waals surface area contributed by atoms with Gasteiger partial charge < -0.3 is 15.8 Å². The maximum atomic E-state index is 11.9. The van der Waals surface area contributed by atoms with Crippen molar-refractivity contribution in [3.05, 3.63) is 27.7 Å². The molecule has 1 unspecified atom stereocenters. The number of hydrogen-bond donors (Lipinski definition) is 2. The van der Waals surface area contributed by atoms with Crippen LogP contribution in [-0.4, -0.2) is 25.1 Å². The normalized spacial score (nSPS) is 12.3. The van der Waals surface area contributed by atoms with E-state index in [1.807, 2.05) is 26.0 Å². The number of amides is 1. The molecule has 4 nitrogen and oxygen atoms in total. The molecule has 0 saturated heterocycles. The SMILES string of the molecule is Cc1cc(Br)cc(CCN)c1OCC(=O)NC(C)C(C)C. The Morgan fingerprint density at radius 2 is 2.05 bits per heavy atom. The van der Waals surface area contributed by atoms with Crippen molar-refractivity contribution in [1.82, 2.24) is 5.32 Å². The molecular formula is C16H25BrN2O2. The zero-order chi connectivity index (χ0) is 16.0. The first-order valence-electron chi connectivity index (χ1n) is 7.26. The summed E-state index contributed by atoms with van der Waals surface area (Å²) < 4.78 is 6.72. The van der Waals surface area contributed by atoms with E-state index in [2.05, 4.69) is 35.1 Å². The highest BCUT2D eigenvalue weighted by molar-refractivity contribution is 9.10. The number of carbonyl (C=O) groups is 1. The summed E-state index contributed by atoms with van der Waals surface area (Å²) in [6.45, 7) is 8.68. The molecule has 21 heavy (non-hydrogen) atoms. The molecule has 0 heterocycles. The molecule has 1 amide bonds. The lowest BCUT2D eigenvalue weighted by molar-refractivity contribution is -0.124. The minimum atomic E-state index is -0.0998. The second-order valence-corrected chi connectivity index (χ2v) is 6.55. The number of nitrogens with two attached hydrogens (primary N) is 1. The highest BCUT2D eigenvalue weighted by Crippen LogP contribution is 2.28. The van der Waals surface area contributed by atoms with Gasteiger partial charge in [0, 0.05) is 10.5 Å². The number of aryl methyl sites for hydroxylation is 1. The Labute approximate surface area is 135 Å². The molecule has 1 rings (SSSR count). The molecule has 3 N–H and O–H groups in total. The van der Waals surface area contributed by atoms with Crippen molar-refractivity contribution in [3.8, 4) is 5.75 Å². The van der Waals surface area contributed by atoms with Gasteiger partial charge in [-0.2, -0.15) is 0 Å². The van der Waals surface area contributed by atoms with Crippen LogP contribution in [0, 0.1) is 12.8 Å². The number of hydrogen-bond acceptors (Lipinski definition) is 3. The van der Waals surface area contributed by atoms with Crippen LogP contribution in [-0.2, 0) is 11.2 Å². The summed E-state index contributed by atoms with van der Waals surface area (Å²) in [6.07, 6.45) is 0.722. The molecule has 0 bridgehead atoms. The van der Waals surface area contributed by atoms with Crippen LogP contribution in [0.1, 0.15) is 31.9 Å². The first-order chi connectivity index (χ1) is 9.85. The van der Waals surface area contributed by atoms with E-state index in [4.69, 9.17) is 10.5 Å². The average molecular weight is 357 g/mol. The van der Waals surface area contributed by atoms with Crippen LogP contribution in [0.4, 0.5) is 0 Å². The van der Waals surface area contributed by atoms with E-state index in [-0.39, 0.29) is 18.6 Å². The Morgan fingerprint density at radius 3 is 2.62 bits per heavy atom. The highest BCUT2D eigenvalue weighted by Gasteiger charge is 2.14. The second kappa shape index (κ2) is 8.39. The quantitative estimate of drug-likeness (QED) is 0.789. The predicted molar refractivity (Wildman–Crippen MR) is 89.6 cm³/mol. The van der Waals surface area contributed by atoms with Crippen LogP contribution in [0.5, 0.6) is 5.75 Å². The van der Waals surface area contributed by atoms with Gasteiger partial charge in [-0.15, -0.1) is 0 Å². The zero-order valence-corrected chi connectivity index (χ0v) is 14.8. The molecule has 1 aromatic rings. The molecule has 0 spiro atoms. The van der Waals surface area contributed by atoms with E-state index in [1.165, 1.54) is 0 Å². The fraction of sp³-hybridized carbons (Fsp3) is 0.562. The zero-order valence-electron chi connectivity index (χ0n) is 13.2. The van der Waals surface area contributed by atoms with Crippen LogP contribution in [0.3, 0.4) is 0 Å². The van der Waals surface area contributed by atoms with Crippen molar-refractivity contribution < 1.29 is 9.53 Å². The summed E-state index contributed by atoms with van der Waals surface area (Å²) in [6, 6.07) is 4.10. The number of nitrogens with one attached hydrogen (secondary N) is 1. The van der Waals surface area contributed by atoms with E-state index in [1.54, 1.807) is 0 Å². The first kappa shape index (κ1) is 18.0. The number of benzene rings is 1. The lowest BCUT2D eigenvalue weighted by Crippen LogP contribution is -2.39. The molecule has 1 aromatic carbocycles. The molecular weight excluding hydrogens is 332 g/mol. The average Bonchev–Trinajstić information content (AvgIpc) is 2.37. The highest BCUT2D eigenvalue weighted by atomic mass is 79.9. The third-order valence-electron chi connectivity index (χ3n) is 3.47. The van der Waals surface area contributed by atoms with Gasteiger partial charge in [0.25, 0.3) is 5.91 Å². The van der Waals surface area contributed by atoms with Crippen molar-refractivity contribution in [1.29, 1.82) is 0 Å². The maximum absolute atomic E-state index is 11.9. The molecule has 0 aliphatic rings. The number of rotatable bonds is 7. The second-order valence-electron chi connectivity index (χ2n) is 5.64. The van der Waals surface area contributed by atoms with Gasteiger partial charge in [-0.05, 0) is 56.0 Å². The number of halogens is 1. The molecule has 0 aromatic heterocycles. The van der Waals surface area contributed by atoms with Crippen LogP contribution in [0.2, 0.25) is 0 Å². The van der Waals surface area contributed by atoms with Gasteiger partial charge in [0.2, 0.25) is 0 Å². The van der Waals surface area contributed by atoms with Crippen LogP contribution >= 0.6 is 15.9 Å². The number of carbonyl (C=O) groups excluding carboxylic acids is 1. The molecule has 0 fully saturated rings. The van der Waals surface area contributed by atoms with E-state index < -0.39 is 0 Å². The molecule has 0 radical (unpaired) electrons. The van der Waals surface area contributed by atoms with Gasteiger partial charge >= 0.3 is 0 Å². The Morgan fingerprint density at radius 1 is 1.38 bits per heavy atom. The minimum absolute atomic E-state index is 0.0249. The van der Waals surface area contributed by atoms with E-state index in [0.717, 1.165) is 27.8 Å². The van der Waals surface area contributed by atoms with Crippen molar-refractivity contribution in [3.63, 3.8) is 0 Å². The third-order valence-corrected chi connectivity index (χ3v) is 3.92. The topological polar surface area (TPSA) is 64.3 Å². The first-order valence-corrected chi connectivity index (χ1v) is 8.05. The summed E-state index contributed by atoms with van der Waals surface area (Å²) in [7, 11) is 0. The summed E-state index contributed by atoms with van der Waals surface area (Å²) >= 11 is 3.47. The van der Waals surface area contributed by atoms with Crippen molar-refractivity contribution >= 4 is 21.8 Å². The summed E-state index contributed by atoms with van der Waals surface area (Å²) in [5.41, 5.74) is 7.65. The largest absolute Gasteiger partial charge is 0.483 e. The Bertz CT molecular complexity index is 489. The molecule has 118 valence electrons. The lowest BCUT2D eigenvalue weighted by atomic mass is 10.1. The van der Waals surface area contributed by atoms with E-state index in [0.29, 0.717) is 12.5 Å². The van der Waals surface area contributed by atoms with Crippen molar-refractivity contribution in [2.45, 2.75) is 40.2 Å². The van der Waals surface area contributed by atoms with Gasteiger partial charge in [0.1, 0.15) is 5.75 Å². The van der Waals surface area contributed by atoms with Crippen LogP contribution < -0.4 is 15.8 Å². The van der Waals surface area contributed by atoms with Crippen LogP contribution in [0.25, 0.3) is 0 Å². The van der Waals surface area contributed by atoms with Crippen molar-refractivity contribution in [2.75, 3.05) is 13.2 Å². The molecule has 5 heteroatoms. The Hall–Kier alpha value is -1.07. The van der Waals surface area contributed by atoms with Crippen LogP contribution in [0.15, 0.2) is 16.6 Å². The fourth-order valence-electron chi connectivity index (χ4n) is 1.95. The van der Waals surface area contributed by atoms with E-state index in [9.17, 15) is 4.79 Å². The summed E-state index contributed by atoms with van der Waals surface area (Å²) in [4.78, 5) is 11.9. The van der Waals surface area contributed by atoms with Crippen molar-refractivity contribution in [2.24, 2.45) is 11.7 Å². The predicted octanol–water partition coefficient (Wildman–Crippen LogP) is 2.80. The Kier molecular flexibility index (Phi) is 7.18. The van der Waals surface area contributed by atoms with Gasteiger partial charge in [0.15, 0.2) is 6.61 Å². The molecule has 0 saturated carbocycles. The van der Waals surface area contributed by atoms with Gasteiger partial charge in [-0.3, -0.25) is 4.79 Å². The summed E-state index contributed by atoms with van der Waals surface area (Å²) in [5.74, 6) is 1.06. The smallest absolute Gasteiger partial charge is 0.258 e. The van der Waals surface area contributed by atoms with Gasteiger partial charge in [-0.1, -0.05) is 29.8 Å². The Balaban J connectivity index is 2.72. The monoisotopic (exact) mass is 356 g/mol. The van der Waals surface area contributed by atoms with Gasteiger partial charge in [0.05, 0.1) is 0 Å². The van der Waals surface area contributed by atoms with E-state index >= 15 is 0 Å². The molecule has 1 atom stereocenters. The third kappa shape index (κ3) is 5.67. The number of ether oxygens (including phenoxy) is 1. The van der Waals surface area contributed by atoms with Gasteiger partial charge in [-0.25, -0.2) is 0 Å². The maximum Gasteiger partial charge on any atom is 0.258 e.